The first-order valence-electron chi connectivity index (χ1n) is 7.02. The topological polar surface area (TPSA) is 46.9 Å². The van der Waals surface area contributed by atoms with Gasteiger partial charge < -0.3 is 5.32 Å². The van der Waals surface area contributed by atoms with E-state index in [0.717, 1.165) is 24.2 Å². The lowest BCUT2D eigenvalue weighted by Crippen LogP contribution is -2.25. The van der Waals surface area contributed by atoms with E-state index in [1.165, 1.54) is 5.56 Å². The van der Waals surface area contributed by atoms with Crippen molar-refractivity contribution in [1.82, 2.24) is 15.1 Å². The molecule has 112 valence electrons. The van der Waals surface area contributed by atoms with Gasteiger partial charge in [0.15, 0.2) is 0 Å². The predicted octanol–water partition coefficient (Wildman–Crippen LogP) is 3.28. The van der Waals surface area contributed by atoms with Crippen molar-refractivity contribution in [2.75, 3.05) is 6.54 Å². The lowest BCUT2D eigenvalue weighted by atomic mass is 10.1. The van der Waals surface area contributed by atoms with E-state index < -0.39 is 0 Å². The maximum Gasteiger partial charge on any atom is 0.251 e. The van der Waals surface area contributed by atoms with Gasteiger partial charge in [-0.15, -0.1) is 0 Å². The number of rotatable bonds is 5. The zero-order chi connectivity index (χ0) is 15.4. The molecule has 4 nitrogen and oxygen atoms in total. The number of carbonyl (C=O) groups is 1. The average Bonchev–Trinajstić information content (AvgIpc) is 2.76. The fourth-order valence-electron chi connectivity index (χ4n) is 2.04. The molecule has 2 rings (SSSR count). The van der Waals surface area contributed by atoms with Crippen molar-refractivity contribution in [2.45, 2.75) is 33.7 Å². The van der Waals surface area contributed by atoms with Crippen molar-refractivity contribution in [1.29, 1.82) is 0 Å². The summed E-state index contributed by atoms with van der Waals surface area (Å²) in [6, 6.07) is 5.74. The van der Waals surface area contributed by atoms with E-state index in [0.29, 0.717) is 17.1 Å². The van der Waals surface area contributed by atoms with Crippen molar-refractivity contribution in [3.05, 3.63) is 51.8 Å². The molecule has 0 aliphatic carbocycles. The first-order chi connectivity index (χ1) is 9.97. The Hall–Kier alpha value is -1.81. The first-order valence-corrected chi connectivity index (χ1v) is 7.40. The first kappa shape index (κ1) is 15.6. The molecule has 1 aromatic heterocycles. The zero-order valence-electron chi connectivity index (χ0n) is 12.6. The summed E-state index contributed by atoms with van der Waals surface area (Å²) in [6.45, 7) is 7.27. The van der Waals surface area contributed by atoms with E-state index in [-0.39, 0.29) is 5.91 Å². The third kappa shape index (κ3) is 4.08. The predicted molar refractivity (Wildman–Crippen MR) is 84.8 cm³/mol. The molecule has 0 saturated heterocycles. The van der Waals surface area contributed by atoms with Gasteiger partial charge in [0, 0.05) is 24.8 Å². The highest BCUT2D eigenvalue weighted by Crippen LogP contribution is 2.12. The fraction of sp³-hybridized carbons (Fsp3) is 0.375. The molecule has 0 radical (unpaired) electrons. The van der Waals surface area contributed by atoms with Crippen LogP contribution in [0.4, 0.5) is 0 Å². The Balaban J connectivity index is 1.80. The standard InChI is InChI=1S/C16H20ClN3O/c1-11-5-6-14(9-12(11)2)16(21)18-7-4-8-20-10-15(17)13(3)19-20/h5-6,9-10H,4,7-8H2,1-3H3,(H,18,21). The molecule has 0 atom stereocenters. The maximum atomic E-state index is 12.0. The van der Waals surface area contributed by atoms with Crippen LogP contribution in [0.15, 0.2) is 24.4 Å². The molecule has 1 heterocycles. The number of hydrogen-bond donors (Lipinski definition) is 1. The number of benzene rings is 1. The zero-order valence-corrected chi connectivity index (χ0v) is 13.4. The van der Waals surface area contributed by atoms with Crippen LogP contribution in [-0.2, 0) is 6.54 Å². The van der Waals surface area contributed by atoms with E-state index in [2.05, 4.69) is 10.4 Å². The van der Waals surface area contributed by atoms with Crippen LogP contribution >= 0.6 is 11.6 Å². The smallest absolute Gasteiger partial charge is 0.251 e. The Morgan fingerprint density at radius 3 is 2.67 bits per heavy atom. The summed E-state index contributed by atoms with van der Waals surface area (Å²) in [5.74, 6) is -0.0345. The third-order valence-corrected chi connectivity index (χ3v) is 3.88. The molecule has 1 N–H and O–H groups in total. The maximum absolute atomic E-state index is 12.0. The molecule has 0 saturated carbocycles. The van der Waals surface area contributed by atoms with Crippen molar-refractivity contribution >= 4 is 17.5 Å². The summed E-state index contributed by atoms with van der Waals surface area (Å²) in [5, 5.41) is 7.88. The summed E-state index contributed by atoms with van der Waals surface area (Å²) >= 11 is 5.95. The van der Waals surface area contributed by atoms with Gasteiger partial charge in [0.25, 0.3) is 5.91 Å². The Bertz CT molecular complexity index is 629. The molecule has 5 heteroatoms. The minimum atomic E-state index is -0.0345. The highest BCUT2D eigenvalue weighted by molar-refractivity contribution is 6.31. The number of aryl methyl sites for hydroxylation is 4. The monoisotopic (exact) mass is 305 g/mol. The van der Waals surface area contributed by atoms with Crippen LogP contribution in [0.25, 0.3) is 0 Å². The molecule has 1 aromatic carbocycles. The molecule has 1 amide bonds. The number of carbonyl (C=O) groups excluding carboxylic acids is 1. The number of amides is 1. The summed E-state index contributed by atoms with van der Waals surface area (Å²) in [7, 11) is 0. The van der Waals surface area contributed by atoms with E-state index in [1.54, 1.807) is 4.68 Å². The van der Waals surface area contributed by atoms with Crippen LogP contribution in [0.3, 0.4) is 0 Å². The normalized spacial score (nSPS) is 10.7. The minimum Gasteiger partial charge on any atom is -0.352 e. The van der Waals surface area contributed by atoms with Gasteiger partial charge in [-0.1, -0.05) is 17.7 Å². The molecule has 0 bridgehead atoms. The average molecular weight is 306 g/mol. The van der Waals surface area contributed by atoms with Gasteiger partial charge in [-0.2, -0.15) is 5.10 Å². The number of aromatic nitrogens is 2. The van der Waals surface area contributed by atoms with E-state index >= 15 is 0 Å². The quantitative estimate of drug-likeness (QED) is 0.862. The number of nitrogens with zero attached hydrogens (tertiary/aromatic N) is 2. The molecule has 21 heavy (non-hydrogen) atoms. The Labute approximate surface area is 130 Å². The lowest BCUT2D eigenvalue weighted by molar-refractivity contribution is 0.0952. The van der Waals surface area contributed by atoms with Crippen LogP contribution < -0.4 is 5.32 Å². The van der Waals surface area contributed by atoms with Crippen LogP contribution in [0, 0.1) is 20.8 Å². The van der Waals surface area contributed by atoms with Gasteiger partial charge in [0.1, 0.15) is 0 Å². The van der Waals surface area contributed by atoms with Crippen molar-refractivity contribution < 1.29 is 4.79 Å². The van der Waals surface area contributed by atoms with Crippen LogP contribution in [-0.4, -0.2) is 22.2 Å². The second-order valence-electron chi connectivity index (χ2n) is 5.23. The van der Waals surface area contributed by atoms with Gasteiger partial charge in [-0.05, 0) is 50.5 Å². The highest BCUT2D eigenvalue weighted by atomic mass is 35.5. The molecule has 0 unspecified atom stereocenters. The van der Waals surface area contributed by atoms with Gasteiger partial charge in [0.2, 0.25) is 0 Å². The molecule has 0 spiro atoms. The fourth-order valence-corrected chi connectivity index (χ4v) is 2.19. The van der Waals surface area contributed by atoms with Crippen LogP contribution in [0.1, 0.15) is 33.6 Å². The Morgan fingerprint density at radius 2 is 2.05 bits per heavy atom. The van der Waals surface area contributed by atoms with Crippen molar-refractivity contribution in [2.24, 2.45) is 0 Å². The van der Waals surface area contributed by atoms with Gasteiger partial charge in [-0.25, -0.2) is 0 Å². The summed E-state index contributed by atoms with van der Waals surface area (Å²) in [4.78, 5) is 12.0. The number of nitrogens with one attached hydrogen (secondary N) is 1. The summed E-state index contributed by atoms with van der Waals surface area (Å²) < 4.78 is 1.81. The Morgan fingerprint density at radius 1 is 1.29 bits per heavy atom. The third-order valence-electron chi connectivity index (χ3n) is 3.51. The number of halogens is 1. The molecule has 0 aliphatic rings. The SMILES string of the molecule is Cc1ccc(C(=O)NCCCn2cc(Cl)c(C)n2)cc1C. The lowest BCUT2D eigenvalue weighted by Gasteiger charge is -2.07. The Kier molecular flexibility index (Phi) is 5.02. The van der Waals surface area contributed by atoms with E-state index in [4.69, 9.17) is 11.6 Å². The van der Waals surface area contributed by atoms with Gasteiger partial charge in [0.05, 0.1) is 10.7 Å². The van der Waals surface area contributed by atoms with E-state index in [9.17, 15) is 4.79 Å². The largest absolute Gasteiger partial charge is 0.352 e. The second-order valence-corrected chi connectivity index (χ2v) is 5.64. The summed E-state index contributed by atoms with van der Waals surface area (Å²) in [5.41, 5.74) is 3.86. The van der Waals surface area contributed by atoms with E-state index in [1.807, 2.05) is 45.2 Å². The highest BCUT2D eigenvalue weighted by Gasteiger charge is 2.06. The summed E-state index contributed by atoms with van der Waals surface area (Å²) in [6.07, 6.45) is 2.62. The van der Waals surface area contributed by atoms with Crippen molar-refractivity contribution in [3.8, 4) is 0 Å². The molecule has 0 fully saturated rings. The van der Waals surface area contributed by atoms with Gasteiger partial charge in [-0.3, -0.25) is 9.48 Å². The van der Waals surface area contributed by atoms with Crippen molar-refractivity contribution in [3.63, 3.8) is 0 Å². The van der Waals surface area contributed by atoms with Crippen LogP contribution in [0.5, 0.6) is 0 Å². The molecule has 0 aliphatic heterocycles. The molecular weight excluding hydrogens is 286 g/mol. The van der Waals surface area contributed by atoms with Gasteiger partial charge >= 0.3 is 0 Å². The number of hydrogen-bond acceptors (Lipinski definition) is 2. The minimum absolute atomic E-state index is 0.0345. The van der Waals surface area contributed by atoms with Crippen LogP contribution in [0.2, 0.25) is 5.02 Å². The second kappa shape index (κ2) is 6.76. The molecular formula is C16H20ClN3O. The molecule has 2 aromatic rings.